The Hall–Kier alpha value is -3.11. The van der Waals surface area contributed by atoms with E-state index in [9.17, 15) is 4.79 Å². The molecule has 1 fully saturated rings. The average Bonchev–Trinajstić information content (AvgIpc) is 3.54. The number of rotatable bonds is 7. The van der Waals surface area contributed by atoms with Crippen molar-refractivity contribution in [1.82, 2.24) is 23.9 Å². The summed E-state index contributed by atoms with van der Waals surface area (Å²) in [5, 5.41) is 5.14. The zero-order valence-electron chi connectivity index (χ0n) is 19.1. The fraction of sp³-hybridized carbons (Fsp3) is 0.292. The van der Waals surface area contributed by atoms with Crippen LogP contribution in [-0.2, 0) is 28.9 Å². The van der Waals surface area contributed by atoms with E-state index in [2.05, 4.69) is 10.1 Å². The van der Waals surface area contributed by atoms with E-state index in [1.807, 2.05) is 29.0 Å². The van der Waals surface area contributed by atoms with E-state index in [4.69, 9.17) is 37.4 Å². The molecule has 182 valence electrons. The molecule has 0 aliphatic carbocycles. The Morgan fingerprint density at radius 1 is 1.20 bits per heavy atom. The molecule has 2 atom stereocenters. The quantitative estimate of drug-likeness (QED) is 0.372. The van der Waals surface area contributed by atoms with Crippen molar-refractivity contribution in [3.8, 4) is 11.4 Å². The van der Waals surface area contributed by atoms with Crippen LogP contribution in [0.25, 0.3) is 5.69 Å². The highest BCUT2D eigenvalue weighted by atomic mass is 35.5. The lowest BCUT2D eigenvalue weighted by molar-refractivity contribution is -0.189. The number of ether oxygens (including phenoxy) is 3. The van der Waals surface area contributed by atoms with Gasteiger partial charge in [-0.1, -0.05) is 29.3 Å². The van der Waals surface area contributed by atoms with Crippen molar-refractivity contribution in [2.24, 2.45) is 7.05 Å². The third-order valence-electron chi connectivity index (χ3n) is 5.77. The molecule has 11 heteroatoms. The predicted molar refractivity (Wildman–Crippen MR) is 130 cm³/mol. The van der Waals surface area contributed by atoms with Crippen LogP contribution in [0.5, 0.6) is 5.75 Å². The molecular formula is C24H23Cl2N5O4. The number of hydrogen-bond donors (Lipinski definition) is 0. The summed E-state index contributed by atoms with van der Waals surface area (Å²) < 4.78 is 23.3. The minimum atomic E-state index is -1.11. The van der Waals surface area contributed by atoms with Crippen LogP contribution in [0.1, 0.15) is 11.4 Å². The number of hydrogen-bond acceptors (Lipinski definition) is 6. The van der Waals surface area contributed by atoms with Crippen LogP contribution < -0.4 is 10.4 Å². The van der Waals surface area contributed by atoms with E-state index >= 15 is 0 Å². The first-order chi connectivity index (χ1) is 16.8. The first-order valence-electron chi connectivity index (χ1n) is 10.9. The molecule has 0 spiro atoms. The highest BCUT2D eigenvalue weighted by Gasteiger charge is 2.45. The topological polar surface area (TPSA) is 85.3 Å². The second-order valence-corrected chi connectivity index (χ2v) is 9.10. The lowest BCUT2D eigenvalue weighted by Gasteiger charge is -2.30. The Balaban J connectivity index is 1.30. The van der Waals surface area contributed by atoms with E-state index in [1.165, 1.54) is 9.25 Å². The van der Waals surface area contributed by atoms with Crippen molar-refractivity contribution in [3.63, 3.8) is 0 Å². The van der Waals surface area contributed by atoms with Gasteiger partial charge in [-0.05, 0) is 43.3 Å². The van der Waals surface area contributed by atoms with Crippen LogP contribution in [0.3, 0.4) is 0 Å². The Bertz CT molecular complexity index is 1380. The molecule has 0 radical (unpaired) electrons. The van der Waals surface area contributed by atoms with Gasteiger partial charge in [0.15, 0.2) is 0 Å². The van der Waals surface area contributed by atoms with Gasteiger partial charge in [0.25, 0.3) is 0 Å². The molecule has 2 unspecified atom stereocenters. The van der Waals surface area contributed by atoms with Crippen LogP contribution >= 0.6 is 23.2 Å². The maximum absolute atomic E-state index is 12.3. The molecule has 1 aliphatic heterocycles. The van der Waals surface area contributed by atoms with Gasteiger partial charge >= 0.3 is 5.69 Å². The van der Waals surface area contributed by atoms with Crippen molar-refractivity contribution in [1.29, 1.82) is 0 Å². The molecule has 4 aromatic rings. The third kappa shape index (κ3) is 4.72. The van der Waals surface area contributed by atoms with Crippen molar-refractivity contribution in [3.05, 3.63) is 93.1 Å². The van der Waals surface area contributed by atoms with Crippen molar-refractivity contribution >= 4 is 23.2 Å². The molecule has 1 saturated heterocycles. The fourth-order valence-corrected chi connectivity index (χ4v) is 4.69. The lowest BCUT2D eigenvalue weighted by Crippen LogP contribution is -2.34. The molecule has 9 nitrogen and oxygen atoms in total. The minimum Gasteiger partial charge on any atom is -0.491 e. The lowest BCUT2D eigenvalue weighted by atomic mass is 10.1. The van der Waals surface area contributed by atoms with Crippen LogP contribution in [0.4, 0.5) is 0 Å². The highest BCUT2D eigenvalue weighted by molar-refractivity contribution is 6.35. The van der Waals surface area contributed by atoms with E-state index in [1.54, 1.807) is 50.8 Å². The monoisotopic (exact) mass is 515 g/mol. The van der Waals surface area contributed by atoms with Gasteiger partial charge in [-0.3, -0.25) is 0 Å². The van der Waals surface area contributed by atoms with E-state index < -0.39 is 5.79 Å². The van der Waals surface area contributed by atoms with Crippen molar-refractivity contribution < 1.29 is 14.2 Å². The van der Waals surface area contributed by atoms with E-state index in [-0.39, 0.29) is 18.4 Å². The van der Waals surface area contributed by atoms with E-state index in [0.29, 0.717) is 46.0 Å². The Labute approximate surface area is 211 Å². The molecule has 0 amide bonds. The van der Waals surface area contributed by atoms with Gasteiger partial charge in [0, 0.05) is 30.0 Å². The van der Waals surface area contributed by atoms with Gasteiger partial charge < -0.3 is 18.8 Å². The van der Waals surface area contributed by atoms with Crippen molar-refractivity contribution in [2.45, 2.75) is 25.4 Å². The second-order valence-electron chi connectivity index (χ2n) is 8.26. The average molecular weight is 516 g/mol. The molecule has 2 aromatic heterocycles. The summed E-state index contributed by atoms with van der Waals surface area (Å²) in [5.41, 5.74) is 1.19. The predicted octanol–water partition coefficient (Wildman–Crippen LogP) is 3.73. The molecule has 3 heterocycles. The zero-order valence-corrected chi connectivity index (χ0v) is 20.6. The summed E-state index contributed by atoms with van der Waals surface area (Å²) in [7, 11) is 1.62. The number of imidazole rings is 1. The number of nitrogens with zero attached hydrogens (tertiary/aromatic N) is 5. The standard InChI is InChI=1S/C24H23Cl2N5O4/c1-16-28-29(2)23(32)31(16)18-4-6-19(7-5-18)33-12-20-13-34-24(35-20,14-30-10-9-27-15-30)21-8-3-17(25)11-22(21)26/h3-11,15,20H,12-14H2,1-2H3. The fourth-order valence-electron chi connectivity index (χ4n) is 4.14. The molecule has 35 heavy (non-hydrogen) atoms. The zero-order chi connectivity index (χ0) is 24.6. The molecule has 0 N–H and O–H groups in total. The van der Waals surface area contributed by atoms with Gasteiger partial charge in [0.2, 0.25) is 5.79 Å². The normalized spacial score (nSPS) is 19.8. The molecule has 0 saturated carbocycles. The van der Waals surface area contributed by atoms with Gasteiger partial charge in [-0.2, -0.15) is 5.10 Å². The molecule has 2 aromatic carbocycles. The van der Waals surface area contributed by atoms with E-state index in [0.717, 1.165) is 0 Å². The SMILES string of the molecule is Cc1nn(C)c(=O)n1-c1ccc(OCC2COC(Cn3ccnc3)(c3ccc(Cl)cc3Cl)O2)cc1. The Morgan fingerprint density at radius 3 is 2.66 bits per heavy atom. The first-order valence-corrected chi connectivity index (χ1v) is 11.7. The summed E-state index contributed by atoms with van der Waals surface area (Å²) in [6, 6.07) is 12.5. The van der Waals surface area contributed by atoms with Crippen LogP contribution in [0.15, 0.2) is 66.0 Å². The Morgan fingerprint density at radius 2 is 2.00 bits per heavy atom. The molecule has 0 bridgehead atoms. The van der Waals surface area contributed by atoms with Gasteiger partial charge in [-0.15, -0.1) is 0 Å². The highest BCUT2D eigenvalue weighted by Crippen LogP contribution is 2.40. The summed E-state index contributed by atoms with van der Waals surface area (Å²) in [6.07, 6.45) is 4.88. The second kappa shape index (κ2) is 9.50. The van der Waals surface area contributed by atoms with Gasteiger partial charge in [-0.25, -0.2) is 19.0 Å². The summed E-state index contributed by atoms with van der Waals surface area (Å²) in [4.78, 5) is 16.4. The van der Waals surface area contributed by atoms with Crippen LogP contribution in [0.2, 0.25) is 10.0 Å². The largest absolute Gasteiger partial charge is 0.491 e. The number of benzene rings is 2. The van der Waals surface area contributed by atoms with Crippen LogP contribution in [0, 0.1) is 6.92 Å². The molecule has 5 rings (SSSR count). The molecular weight excluding hydrogens is 493 g/mol. The number of halogens is 2. The smallest absolute Gasteiger partial charge is 0.350 e. The van der Waals surface area contributed by atoms with Gasteiger partial charge in [0.1, 0.15) is 24.3 Å². The van der Waals surface area contributed by atoms with Gasteiger partial charge in [0.05, 0.1) is 30.2 Å². The number of aromatic nitrogens is 5. The third-order valence-corrected chi connectivity index (χ3v) is 6.32. The maximum atomic E-state index is 12.3. The number of aryl methyl sites for hydroxylation is 2. The Kier molecular flexibility index (Phi) is 6.41. The molecule has 1 aliphatic rings. The summed E-state index contributed by atoms with van der Waals surface area (Å²) in [5.74, 6) is 0.139. The summed E-state index contributed by atoms with van der Waals surface area (Å²) >= 11 is 12.6. The van der Waals surface area contributed by atoms with Crippen molar-refractivity contribution in [2.75, 3.05) is 13.2 Å². The first kappa shape index (κ1) is 23.6. The minimum absolute atomic E-state index is 0.206. The van der Waals surface area contributed by atoms with Crippen LogP contribution in [-0.4, -0.2) is 43.2 Å². The maximum Gasteiger partial charge on any atom is 0.350 e. The summed E-state index contributed by atoms with van der Waals surface area (Å²) in [6.45, 7) is 2.73.